The van der Waals surface area contributed by atoms with Gasteiger partial charge in [0.2, 0.25) is 0 Å². The fraction of sp³-hybridized carbons (Fsp3) is 0.0455. The first-order valence-corrected chi connectivity index (χ1v) is 10.7. The molecule has 0 aliphatic heterocycles. The molecule has 0 unspecified atom stereocenters. The molecule has 0 aliphatic carbocycles. The quantitative estimate of drug-likeness (QED) is 0.458. The fourth-order valence-electron chi connectivity index (χ4n) is 2.79. The highest BCUT2D eigenvalue weighted by Crippen LogP contribution is 2.21. The van der Waals surface area contributed by atoms with E-state index in [2.05, 4.69) is 9.71 Å². The lowest BCUT2D eigenvalue weighted by Crippen LogP contribution is -2.12. The summed E-state index contributed by atoms with van der Waals surface area (Å²) in [6.07, 6.45) is 0. The van der Waals surface area contributed by atoms with Crippen LogP contribution in [0.2, 0.25) is 5.02 Å². The van der Waals surface area contributed by atoms with Gasteiger partial charge in [-0.2, -0.15) is 0 Å². The van der Waals surface area contributed by atoms with Crippen molar-refractivity contribution in [2.24, 2.45) is 0 Å². The maximum absolute atomic E-state index is 12.4. The summed E-state index contributed by atoms with van der Waals surface area (Å²) in [7, 11) is -3.68. The molecule has 7 heteroatoms. The average molecular weight is 425 g/mol. The summed E-state index contributed by atoms with van der Waals surface area (Å²) in [5, 5.41) is 1.56. The summed E-state index contributed by atoms with van der Waals surface area (Å²) >= 11 is 5.81. The lowest BCUT2D eigenvalue weighted by atomic mass is 10.2. The van der Waals surface area contributed by atoms with Gasteiger partial charge in [-0.3, -0.25) is 4.72 Å². The van der Waals surface area contributed by atoms with Gasteiger partial charge in [0.05, 0.1) is 16.1 Å². The third-order valence-electron chi connectivity index (χ3n) is 4.27. The van der Waals surface area contributed by atoms with Crippen molar-refractivity contribution in [1.29, 1.82) is 0 Å². The molecule has 29 heavy (non-hydrogen) atoms. The number of aromatic nitrogens is 1. The predicted octanol–water partition coefficient (Wildman–Crippen LogP) is 5.27. The number of nitrogens with one attached hydrogen (secondary N) is 1. The van der Waals surface area contributed by atoms with Gasteiger partial charge in [0.25, 0.3) is 10.0 Å². The van der Waals surface area contributed by atoms with Crippen molar-refractivity contribution in [2.75, 3.05) is 4.72 Å². The first kappa shape index (κ1) is 19.2. The molecule has 0 saturated carbocycles. The Labute approximate surface area is 174 Å². The number of pyridine rings is 1. The smallest absolute Gasteiger partial charge is 0.261 e. The van der Waals surface area contributed by atoms with E-state index in [9.17, 15) is 8.42 Å². The molecular weight excluding hydrogens is 408 g/mol. The van der Waals surface area contributed by atoms with E-state index in [0.717, 1.165) is 16.6 Å². The van der Waals surface area contributed by atoms with E-state index in [-0.39, 0.29) is 4.90 Å². The van der Waals surface area contributed by atoms with E-state index in [0.29, 0.717) is 23.1 Å². The second-order valence-corrected chi connectivity index (χ2v) is 8.49. The van der Waals surface area contributed by atoms with Crippen LogP contribution in [0.25, 0.3) is 10.9 Å². The summed E-state index contributed by atoms with van der Waals surface area (Å²) < 4.78 is 33.1. The third-order valence-corrected chi connectivity index (χ3v) is 5.92. The number of sulfonamides is 1. The largest absolute Gasteiger partial charge is 0.487 e. The van der Waals surface area contributed by atoms with Gasteiger partial charge >= 0.3 is 0 Å². The van der Waals surface area contributed by atoms with Crippen LogP contribution in [0.3, 0.4) is 0 Å². The Hall–Kier alpha value is -3.09. The Kier molecular flexibility index (Phi) is 5.38. The Morgan fingerprint density at radius 2 is 1.59 bits per heavy atom. The van der Waals surface area contributed by atoms with E-state index in [1.54, 1.807) is 24.3 Å². The normalized spacial score (nSPS) is 11.3. The van der Waals surface area contributed by atoms with E-state index in [4.69, 9.17) is 16.3 Å². The molecule has 5 nitrogen and oxygen atoms in total. The van der Waals surface area contributed by atoms with Gasteiger partial charge in [0.1, 0.15) is 12.4 Å². The van der Waals surface area contributed by atoms with Gasteiger partial charge in [-0.05, 0) is 60.7 Å². The summed E-state index contributed by atoms with van der Waals surface area (Å²) in [5.41, 5.74) is 2.17. The molecule has 0 bridgehead atoms. The number of ether oxygens (including phenoxy) is 1. The van der Waals surface area contributed by atoms with Gasteiger partial charge in [-0.25, -0.2) is 13.4 Å². The second kappa shape index (κ2) is 8.11. The molecule has 1 N–H and O–H groups in total. The van der Waals surface area contributed by atoms with Crippen LogP contribution in [0.4, 0.5) is 5.69 Å². The van der Waals surface area contributed by atoms with Crippen LogP contribution in [0.1, 0.15) is 5.69 Å². The zero-order valence-corrected chi connectivity index (χ0v) is 16.8. The van der Waals surface area contributed by atoms with Crippen LogP contribution in [0.15, 0.2) is 89.8 Å². The monoisotopic (exact) mass is 424 g/mol. The van der Waals surface area contributed by atoms with Crippen molar-refractivity contribution < 1.29 is 13.2 Å². The number of rotatable bonds is 6. The Morgan fingerprint density at radius 3 is 2.34 bits per heavy atom. The summed E-state index contributed by atoms with van der Waals surface area (Å²) in [5.74, 6) is 0.620. The average Bonchev–Trinajstić information content (AvgIpc) is 2.73. The van der Waals surface area contributed by atoms with Crippen molar-refractivity contribution in [1.82, 2.24) is 4.98 Å². The number of anilines is 1. The number of fused-ring (bicyclic) bond motifs is 1. The number of hydrogen-bond acceptors (Lipinski definition) is 4. The van der Waals surface area contributed by atoms with Crippen molar-refractivity contribution in [2.45, 2.75) is 11.5 Å². The molecule has 0 saturated heterocycles. The van der Waals surface area contributed by atoms with Crippen LogP contribution < -0.4 is 9.46 Å². The summed E-state index contributed by atoms with van der Waals surface area (Å²) in [6.45, 7) is 0.320. The lowest BCUT2D eigenvalue weighted by molar-refractivity contribution is 0.302. The van der Waals surface area contributed by atoms with Gasteiger partial charge in [0, 0.05) is 16.1 Å². The Bertz CT molecular complexity index is 1240. The minimum Gasteiger partial charge on any atom is -0.487 e. The summed E-state index contributed by atoms with van der Waals surface area (Å²) in [6, 6.07) is 24.5. The zero-order chi connectivity index (χ0) is 20.3. The van der Waals surface area contributed by atoms with E-state index in [1.807, 2.05) is 36.4 Å². The van der Waals surface area contributed by atoms with Crippen molar-refractivity contribution >= 4 is 38.2 Å². The standard InChI is InChI=1S/C22H17ClN2O3S/c23-17-6-13-21(14-7-17)29(26,27)25-18-9-11-20(12-10-18)28-15-19-8-5-16-3-1-2-4-22(16)24-19/h1-14,25H,15H2. The van der Waals surface area contributed by atoms with E-state index < -0.39 is 10.0 Å². The van der Waals surface area contributed by atoms with E-state index >= 15 is 0 Å². The summed E-state index contributed by atoms with van der Waals surface area (Å²) in [4.78, 5) is 4.71. The van der Waals surface area contributed by atoms with Crippen LogP contribution >= 0.6 is 11.6 Å². The zero-order valence-electron chi connectivity index (χ0n) is 15.2. The van der Waals surface area contributed by atoms with Crippen LogP contribution in [-0.2, 0) is 16.6 Å². The topological polar surface area (TPSA) is 68.3 Å². The lowest BCUT2D eigenvalue weighted by Gasteiger charge is -2.10. The molecule has 3 aromatic carbocycles. The SMILES string of the molecule is O=S(=O)(Nc1ccc(OCc2ccc3ccccc3n2)cc1)c1ccc(Cl)cc1. The van der Waals surface area contributed by atoms with Crippen LogP contribution in [0.5, 0.6) is 5.75 Å². The molecule has 4 rings (SSSR count). The number of benzene rings is 3. The molecule has 146 valence electrons. The first-order valence-electron chi connectivity index (χ1n) is 8.85. The van der Waals surface area contributed by atoms with Gasteiger partial charge in [-0.1, -0.05) is 35.9 Å². The Balaban J connectivity index is 1.41. The molecule has 4 aromatic rings. The molecule has 0 amide bonds. The fourth-order valence-corrected chi connectivity index (χ4v) is 3.98. The van der Waals surface area contributed by atoms with Crippen molar-refractivity contribution in [3.8, 4) is 5.75 Å². The number of para-hydroxylation sites is 1. The molecular formula is C22H17ClN2O3S. The highest BCUT2D eigenvalue weighted by Gasteiger charge is 2.14. The predicted molar refractivity (Wildman–Crippen MR) is 115 cm³/mol. The maximum atomic E-state index is 12.4. The highest BCUT2D eigenvalue weighted by atomic mass is 35.5. The highest BCUT2D eigenvalue weighted by molar-refractivity contribution is 7.92. The maximum Gasteiger partial charge on any atom is 0.261 e. The molecule has 0 spiro atoms. The van der Waals surface area contributed by atoms with Crippen molar-refractivity contribution in [3.63, 3.8) is 0 Å². The Morgan fingerprint density at radius 1 is 0.862 bits per heavy atom. The minimum atomic E-state index is -3.68. The molecule has 0 fully saturated rings. The van der Waals surface area contributed by atoms with Gasteiger partial charge < -0.3 is 4.74 Å². The number of halogens is 1. The molecule has 0 radical (unpaired) electrons. The number of nitrogens with zero attached hydrogens (tertiary/aromatic N) is 1. The van der Waals surface area contributed by atoms with E-state index in [1.165, 1.54) is 24.3 Å². The van der Waals surface area contributed by atoms with Crippen LogP contribution in [-0.4, -0.2) is 13.4 Å². The van der Waals surface area contributed by atoms with Crippen LogP contribution in [0, 0.1) is 0 Å². The second-order valence-electron chi connectivity index (χ2n) is 6.37. The minimum absolute atomic E-state index is 0.143. The number of hydrogen-bond donors (Lipinski definition) is 1. The molecule has 1 aromatic heterocycles. The molecule has 0 atom stereocenters. The van der Waals surface area contributed by atoms with Gasteiger partial charge in [-0.15, -0.1) is 0 Å². The molecule has 1 heterocycles. The first-order chi connectivity index (χ1) is 14.0. The third kappa shape index (κ3) is 4.67. The van der Waals surface area contributed by atoms with Gasteiger partial charge in [0.15, 0.2) is 0 Å². The molecule has 0 aliphatic rings. The van der Waals surface area contributed by atoms with Crippen molar-refractivity contribution in [3.05, 3.63) is 95.6 Å².